The third kappa shape index (κ3) is 3.85. The maximum absolute atomic E-state index is 15.1. The fraction of sp³-hybridized carbons (Fsp3) is 0.447. The highest BCUT2D eigenvalue weighted by molar-refractivity contribution is 6.04. The van der Waals surface area contributed by atoms with Crippen molar-refractivity contribution in [2.24, 2.45) is 7.05 Å². The summed E-state index contributed by atoms with van der Waals surface area (Å²) in [7, 11) is 1.98. The summed E-state index contributed by atoms with van der Waals surface area (Å²) < 4.78 is 8.67. The van der Waals surface area contributed by atoms with Crippen molar-refractivity contribution in [3.63, 3.8) is 0 Å². The second-order valence-corrected chi connectivity index (χ2v) is 14.7. The highest BCUT2D eigenvalue weighted by Gasteiger charge is 2.51. The molecule has 0 radical (unpaired) electrons. The molecule has 0 spiro atoms. The van der Waals surface area contributed by atoms with Crippen molar-refractivity contribution in [2.75, 3.05) is 0 Å². The van der Waals surface area contributed by atoms with Crippen molar-refractivity contribution < 1.29 is 8.97 Å². The first kappa shape index (κ1) is 28.4. The first-order valence-electron chi connectivity index (χ1n) is 16.8. The second kappa shape index (κ2) is 9.68. The maximum Gasteiger partial charge on any atom is 0.342 e. The molecule has 0 atom stereocenters. The average molecular weight is 601 g/mol. The number of hydrogen-bond acceptors (Lipinski definition) is 3. The topological polar surface area (TPSA) is 60.7 Å². The molecular weight excluding hydrogens is 556 g/mol. The van der Waals surface area contributed by atoms with E-state index in [4.69, 9.17) is 10.1 Å². The van der Waals surface area contributed by atoms with Gasteiger partial charge >= 0.3 is 11.4 Å². The summed E-state index contributed by atoms with van der Waals surface area (Å²) in [5.74, 6) is 1.67. The molecule has 1 aliphatic heterocycles. The fourth-order valence-electron chi connectivity index (χ4n) is 8.80. The third-order valence-electron chi connectivity index (χ3n) is 11.2. The summed E-state index contributed by atoms with van der Waals surface area (Å²) in [6.45, 7) is 13.3. The molecule has 5 heterocycles. The molecule has 4 aromatic heterocycles. The lowest BCUT2D eigenvalue weighted by Crippen LogP contribution is -2.53. The number of aryl methyl sites for hydroxylation is 2. The van der Waals surface area contributed by atoms with E-state index in [1.807, 2.05) is 18.1 Å². The highest BCUT2D eigenvalue weighted by Crippen LogP contribution is 2.51. The van der Waals surface area contributed by atoms with Crippen LogP contribution in [-0.4, -0.2) is 19.3 Å². The molecular formula is C38H44N6O+2. The first-order valence-corrected chi connectivity index (χ1v) is 16.8. The van der Waals surface area contributed by atoms with Gasteiger partial charge in [-0.1, -0.05) is 52.8 Å². The lowest BCUT2D eigenvalue weighted by molar-refractivity contribution is -0.556. The Bertz CT molecular complexity index is 2130. The van der Waals surface area contributed by atoms with E-state index < -0.39 is 5.54 Å². The van der Waals surface area contributed by atoms with Crippen molar-refractivity contribution in [2.45, 2.75) is 103 Å². The van der Waals surface area contributed by atoms with E-state index in [0.717, 1.165) is 70.5 Å². The lowest BCUT2D eigenvalue weighted by atomic mass is 9.68. The molecule has 0 unspecified atom stereocenters. The predicted octanol–water partition coefficient (Wildman–Crippen LogP) is 6.71. The van der Waals surface area contributed by atoms with Crippen LogP contribution in [0.15, 0.2) is 53.7 Å². The van der Waals surface area contributed by atoms with Crippen LogP contribution < -0.4 is 14.5 Å². The van der Waals surface area contributed by atoms with E-state index in [1.165, 1.54) is 29.7 Å². The fourth-order valence-corrected chi connectivity index (χ4v) is 8.80. The standard InChI is InChI=1S/C38H44N6O/c1-8-38(9-2)28(21-42-22-41(7)40-34(42)26-13-11-10-12-23(26)3)27-20-30(37(4,5)6)39-29-18-19-43-33-25-16-14-24(15-17-25)31(33)36(45)44(38)35(43)32(27)29/h10-13,18-22,24-25H,8-9,14-17H2,1-7H3/q+2. The normalized spacial score (nSPS) is 20.9. The van der Waals surface area contributed by atoms with Crippen LogP contribution in [0.3, 0.4) is 0 Å². The molecule has 5 aromatic rings. The zero-order valence-corrected chi connectivity index (χ0v) is 27.7. The number of fused-ring (bicyclic) bond motifs is 2. The zero-order chi connectivity index (χ0) is 31.4. The van der Waals surface area contributed by atoms with Crippen LogP contribution in [0.5, 0.6) is 0 Å². The first-order chi connectivity index (χ1) is 21.6. The smallest absolute Gasteiger partial charge is 0.252 e. The Balaban J connectivity index is 1.56. The molecule has 230 valence electrons. The summed E-state index contributed by atoms with van der Waals surface area (Å²) in [6, 6.07) is 12.9. The van der Waals surface area contributed by atoms with Crippen molar-refractivity contribution in [3.05, 3.63) is 87.4 Å². The van der Waals surface area contributed by atoms with E-state index in [-0.39, 0.29) is 11.0 Å². The molecule has 4 aliphatic rings. The Morgan fingerprint density at radius 1 is 1.02 bits per heavy atom. The molecule has 1 fully saturated rings. The minimum atomic E-state index is -0.544. The number of rotatable bonds is 4. The number of benzene rings is 1. The van der Waals surface area contributed by atoms with Gasteiger partial charge in [-0.2, -0.15) is 4.57 Å². The van der Waals surface area contributed by atoms with Gasteiger partial charge in [0.15, 0.2) is 0 Å². The molecule has 1 aromatic carbocycles. The van der Waals surface area contributed by atoms with Crippen LogP contribution in [0.25, 0.3) is 39.7 Å². The van der Waals surface area contributed by atoms with Crippen LogP contribution in [0.1, 0.15) is 113 Å². The van der Waals surface area contributed by atoms with Gasteiger partial charge in [-0.3, -0.25) is 4.98 Å². The van der Waals surface area contributed by atoms with Gasteiger partial charge in [0.25, 0.3) is 5.65 Å². The van der Waals surface area contributed by atoms with E-state index in [9.17, 15) is 0 Å². The van der Waals surface area contributed by atoms with Gasteiger partial charge in [0.1, 0.15) is 11.2 Å². The van der Waals surface area contributed by atoms with Gasteiger partial charge in [0.2, 0.25) is 6.33 Å². The summed E-state index contributed by atoms with van der Waals surface area (Å²) in [4.78, 5) is 20.4. The summed E-state index contributed by atoms with van der Waals surface area (Å²) in [6.07, 6.45) is 12.7. The van der Waals surface area contributed by atoms with Gasteiger partial charge in [0.05, 0.1) is 41.5 Å². The quantitative estimate of drug-likeness (QED) is 0.170. The van der Waals surface area contributed by atoms with Crippen molar-refractivity contribution >= 4 is 28.3 Å². The number of hydrogen-bond donors (Lipinski definition) is 0. The zero-order valence-electron chi connectivity index (χ0n) is 27.7. The van der Waals surface area contributed by atoms with E-state index in [2.05, 4.69) is 104 Å². The average Bonchev–Trinajstić information content (AvgIpc) is 3.40. The molecule has 0 saturated heterocycles. The van der Waals surface area contributed by atoms with E-state index >= 15 is 4.79 Å². The minimum Gasteiger partial charge on any atom is -0.252 e. The monoisotopic (exact) mass is 600 g/mol. The Kier molecular flexibility index (Phi) is 6.10. The number of nitrogens with zero attached hydrogens (tertiary/aromatic N) is 6. The van der Waals surface area contributed by atoms with Gasteiger partial charge in [-0.05, 0) is 69.1 Å². The second-order valence-electron chi connectivity index (χ2n) is 14.7. The minimum absolute atomic E-state index is 0.140. The lowest BCUT2D eigenvalue weighted by Gasteiger charge is -2.40. The largest absolute Gasteiger partial charge is 0.342 e. The number of pyridine rings is 2. The summed E-state index contributed by atoms with van der Waals surface area (Å²) >= 11 is 0. The van der Waals surface area contributed by atoms with Gasteiger partial charge in [-0.15, -0.1) is 4.68 Å². The molecule has 3 aliphatic carbocycles. The van der Waals surface area contributed by atoms with Gasteiger partial charge in [-0.25, -0.2) is 13.8 Å². The van der Waals surface area contributed by atoms with Crippen molar-refractivity contribution in [3.8, 4) is 11.4 Å². The third-order valence-corrected chi connectivity index (χ3v) is 11.2. The van der Waals surface area contributed by atoms with Gasteiger partial charge in [0, 0.05) is 39.3 Å². The molecule has 0 amide bonds. The summed E-state index contributed by atoms with van der Waals surface area (Å²) in [5, 5.41) is 6.03. The van der Waals surface area contributed by atoms with E-state index in [1.54, 1.807) is 0 Å². The SMILES string of the molecule is CCC1(CC)C(=C[n+]2cn(C)nc2-c2ccccc2C)c2cc(C(C)(C)C)nc3cc[n+]4c5c(c(=O)n1c4c23)C1CCC5CC1. The Labute approximate surface area is 264 Å². The highest BCUT2D eigenvalue weighted by atomic mass is 16.1. The maximum atomic E-state index is 15.1. The van der Waals surface area contributed by atoms with Crippen LogP contribution in [-0.2, 0) is 18.0 Å². The van der Waals surface area contributed by atoms with Crippen LogP contribution in [0, 0.1) is 6.92 Å². The Morgan fingerprint density at radius 3 is 2.42 bits per heavy atom. The predicted molar refractivity (Wildman–Crippen MR) is 178 cm³/mol. The molecule has 0 N–H and O–H groups in total. The number of aromatic nitrogens is 6. The summed E-state index contributed by atoms with van der Waals surface area (Å²) in [5.41, 5.74) is 9.49. The molecule has 2 bridgehead atoms. The van der Waals surface area contributed by atoms with Crippen LogP contribution in [0.2, 0.25) is 0 Å². The Hall–Kier alpha value is -4.13. The number of allylic oxidation sites excluding steroid dienone is 1. The molecule has 45 heavy (non-hydrogen) atoms. The van der Waals surface area contributed by atoms with Crippen molar-refractivity contribution in [1.82, 2.24) is 19.3 Å². The van der Waals surface area contributed by atoms with Crippen molar-refractivity contribution in [1.29, 1.82) is 0 Å². The van der Waals surface area contributed by atoms with Gasteiger partial charge < -0.3 is 0 Å². The van der Waals surface area contributed by atoms with Crippen LogP contribution in [0.4, 0.5) is 0 Å². The Morgan fingerprint density at radius 2 is 1.73 bits per heavy atom. The molecule has 7 heteroatoms. The molecule has 1 saturated carbocycles. The van der Waals surface area contributed by atoms with Crippen LogP contribution >= 0.6 is 0 Å². The molecule has 7 nitrogen and oxygen atoms in total. The van der Waals surface area contributed by atoms with E-state index in [0.29, 0.717) is 11.8 Å². The molecule has 9 rings (SSSR count).